The largest absolute Gasteiger partial charge is 0.496 e. The molecule has 0 heterocycles. The van der Waals surface area contributed by atoms with Crippen LogP contribution in [0.25, 0.3) is 0 Å². The topological polar surface area (TPSA) is 21.3 Å². The van der Waals surface area contributed by atoms with E-state index in [1.165, 1.54) is 29.5 Å². The summed E-state index contributed by atoms with van der Waals surface area (Å²) < 4.78 is 5.42. The molecule has 2 heteroatoms. The van der Waals surface area contributed by atoms with Gasteiger partial charge in [-0.15, -0.1) is 0 Å². The lowest BCUT2D eigenvalue weighted by molar-refractivity contribution is 0.408. The Morgan fingerprint density at radius 2 is 1.81 bits per heavy atom. The lowest BCUT2D eigenvalue weighted by atomic mass is 10.0. The molecule has 0 aliphatic rings. The van der Waals surface area contributed by atoms with Gasteiger partial charge in [0.1, 0.15) is 5.75 Å². The first-order valence-corrected chi connectivity index (χ1v) is 5.97. The molecule has 1 aromatic rings. The number of unbranched alkanes of at least 4 members (excludes halogenated alkanes) is 1. The molecule has 0 aliphatic carbocycles. The van der Waals surface area contributed by atoms with Crippen LogP contribution >= 0.6 is 0 Å². The highest BCUT2D eigenvalue weighted by molar-refractivity contribution is 5.41. The van der Waals surface area contributed by atoms with Crippen molar-refractivity contribution in [3.05, 3.63) is 28.8 Å². The fraction of sp³-hybridized carbons (Fsp3) is 0.571. The number of aryl methyl sites for hydroxylation is 3. The zero-order valence-corrected chi connectivity index (χ0v) is 10.9. The van der Waals surface area contributed by atoms with E-state index in [4.69, 9.17) is 4.74 Å². The number of nitrogens with one attached hydrogen (secondary N) is 1. The monoisotopic (exact) mass is 221 g/mol. The molecular weight excluding hydrogens is 198 g/mol. The van der Waals surface area contributed by atoms with Gasteiger partial charge in [-0.25, -0.2) is 0 Å². The van der Waals surface area contributed by atoms with Crippen LogP contribution in [0.1, 0.15) is 29.5 Å². The number of rotatable bonds is 6. The molecule has 90 valence electrons. The molecule has 1 N–H and O–H groups in total. The number of methoxy groups -OCH3 is 1. The molecule has 0 unspecified atom stereocenters. The van der Waals surface area contributed by atoms with Crippen LogP contribution in [-0.4, -0.2) is 20.7 Å². The summed E-state index contributed by atoms with van der Waals surface area (Å²) in [6.07, 6.45) is 3.53. The summed E-state index contributed by atoms with van der Waals surface area (Å²) in [6.45, 7) is 5.38. The Labute approximate surface area is 99.0 Å². The van der Waals surface area contributed by atoms with Gasteiger partial charge in [-0.05, 0) is 69.5 Å². The van der Waals surface area contributed by atoms with Gasteiger partial charge < -0.3 is 10.1 Å². The summed E-state index contributed by atoms with van der Waals surface area (Å²) in [4.78, 5) is 0. The zero-order chi connectivity index (χ0) is 12.0. The minimum atomic E-state index is 1.03. The molecule has 0 fully saturated rings. The van der Waals surface area contributed by atoms with Crippen molar-refractivity contribution in [3.8, 4) is 5.75 Å². The second-order valence-corrected chi connectivity index (χ2v) is 4.31. The lowest BCUT2D eigenvalue weighted by Gasteiger charge is -2.11. The fourth-order valence-electron chi connectivity index (χ4n) is 1.85. The number of ether oxygens (including phenoxy) is 1. The molecule has 1 rings (SSSR count). The average molecular weight is 221 g/mol. The van der Waals surface area contributed by atoms with Crippen LogP contribution in [0.15, 0.2) is 12.1 Å². The van der Waals surface area contributed by atoms with Crippen molar-refractivity contribution in [1.82, 2.24) is 5.32 Å². The molecule has 0 saturated carbocycles. The van der Waals surface area contributed by atoms with Gasteiger partial charge in [0.15, 0.2) is 0 Å². The minimum absolute atomic E-state index is 1.03. The van der Waals surface area contributed by atoms with Crippen LogP contribution < -0.4 is 10.1 Å². The van der Waals surface area contributed by atoms with Gasteiger partial charge in [-0.1, -0.05) is 6.07 Å². The SMILES string of the molecule is CNCCCCc1cc(C)c(C)cc1OC. The van der Waals surface area contributed by atoms with Crippen molar-refractivity contribution < 1.29 is 4.74 Å². The normalized spacial score (nSPS) is 10.5. The van der Waals surface area contributed by atoms with Crippen molar-refractivity contribution in [1.29, 1.82) is 0 Å². The maximum atomic E-state index is 5.42. The summed E-state index contributed by atoms with van der Waals surface area (Å²) in [7, 11) is 3.75. The van der Waals surface area contributed by atoms with E-state index in [9.17, 15) is 0 Å². The molecule has 2 nitrogen and oxygen atoms in total. The quantitative estimate of drug-likeness (QED) is 0.746. The summed E-state index contributed by atoms with van der Waals surface area (Å²) in [5, 5.41) is 3.17. The van der Waals surface area contributed by atoms with Crippen LogP contribution in [0.3, 0.4) is 0 Å². The lowest BCUT2D eigenvalue weighted by Crippen LogP contribution is -2.07. The van der Waals surface area contributed by atoms with Gasteiger partial charge in [0.25, 0.3) is 0 Å². The van der Waals surface area contributed by atoms with E-state index < -0.39 is 0 Å². The Morgan fingerprint density at radius 3 is 2.44 bits per heavy atom. The van der Waals surface area contributed by atoms with Gasteiger partial charge in [0, 0.05) is 0 Å². The van der Waals surface area contributed by atoms with Gasteiger partial charge >= 0.3 is 0 Å². The number of hydrogen-bond donors (Lipinski definition) is 1. The van der Waals surface area contributed by atoms with Crippen LogP contribution in [0.4, 0.5) is 0 Å². The van der Waals surface area contributed by atoms with E-state index in [0.29, 0.717) is 0 Å². The van der Waals surface area contributed by atoms with Gasteiger partial charge in [0.05, 0.1) is 7.11 Å². The van der Waals surface area contributed by atoms with Crippen LogP contribution in [0.5, 0.6) is 5.75 Å². The molecule has 0 radical (unpaired) electrons. The van der Waals surface area contributed by atoms with Crippen LogP contribution in [0, 0.1) is 13.8 Å². The first-order chi connectivity index (χ1) is 7.69. The standard InChI is InChI=1S/C14H23NO/c1-11-9-13(7-5-6-8-15-3)14(16-4)10-12(11)2/h9-10,15H,5-8H2,1-4H3. The predicted octanol–water partition coefficient (Wildman–Crippen LogP) is 2.85. The molecule has 16 heavy (non-hydrogen) atoms. The van der Waals surface area contributed by atoms with Crippen LogP contribution in [0.2, 0.25) is 0 Å². The van der Waals surface area contributed by atoms with Crippen molar-refractivity contribution in [2.45, 2.75) is 33.1 Å². The molecule has 0 aromatic heterocycles. The third-order valence-electron chi connectivity index (χ3n) is 3.02. The minimum Gasteiger partial charge on any atom is -0.496 e. The maximum absolute atomic E-state index is 5.42. The molecule has 0 atom stereocenters. The number of hydrogen-bond acceptors (Lipinski definition) is 2. The van der Waals surface area contributed by atoms with Crippen molar-refractivity contribution in [2.75, 3.05) is 20.7 Å². The summed E-state index contributed by atoms with van der Waals surface area (Å²) in [6, 6.07) is 4.40. The first-order valence-electron chi connectivity index (χ1n) is 5.97. The Kier molecular flexibility index (Phi) is 5.33. The van der Waals surface area contributed by atoms with Gasteiger partial charge in [-0.2, -0.15) is 0 Å². The van der Waals surface area contributed by atoms with E-state index in [2.05, 4.69) is 31.3 Å². The van der Waals surface area contributed by atoms with E-state index in [1.54, 1.807) is 7.11 Å². The van der Waals surface area contributed by atoms with Crippen LogP contribution in [-0.2, 0) is 6.42 Å². The van der Waals surface area contributed by atoms with E-state index in [0.717, 1.165) is 18.7 Å². The van der Waals surface area contributed by atoms with E-state index in [-0.39, 0.29) is 0 Å². The molecule has 0 bridgehead atoms. The third kappa shape index (κ3) is 3.53. The highest BCUT2D eigenvalue weighted by Crippen LogP contribution is 2.24. The molecular formula is C14H23NO. The molecule has 0 saturated heterocycles. The second-order valence-electron chi connectivity index (χ2n) is 4.31. The molecule has 0 amide bonds. The fourth-order valence-corrected chi connectivity index (χ4v) is 1.85. The van der Waals surface area contributed by atoms with E-state index in [1.807, 2.05) is 7.05 Å². The predicted molar refractivity (Wildman–Crippen MR) is 69.3 cm³/mol. The smallest absolute Gasteiger partial charge is 0.122 e. The third-order valence-corrected chi connectivity index (χ3v) is 3.02. The van der Waals surface area contributed by atoms with Crippen molar-refractivity contribution in [3.63, 3.8) is 0 Å². The molecule has 0 spiro atoms. The highest BCUT2D eigenvalue weighted by atomic mass is 16.5. The Balaban J connectivity index is 2.66. The Hall–Kier alpha value is -1.02. The summed E-state index contributed by atoms with van der Waals surface area (Å²) in [5.74, 6) is 1.03. The first kappa shape index (κ1) is 13.0. The zero-order valence-electron chi connectivity index (χ0n) is 10.9. The average Bonchev–Trinajstić information content (AvgIpc) is 2.28. The summed E-state index contributed by atoms with van der Waals surface area (Å²) >= 11 is 0. The van der Waals surface area contributed by atoms with Gasteiger partial charge in [0.2, 0.25) is 0 Å². The van der Waals surface area contributed by atoms with Crippen molar-refractivity contribution >= 4 is 0 Å². The highest BCUT2D eigenvalue weighted by Gasteiger charge is 2.05. The Bertz CT molecular complexity index is 334. The molecule has 0 aliphatic heterocycles. The van der Waals surface area contributed by atoms with Gasteiger partial charge in [-0.3, -0.25) is 0 Å². The van der Waals surface area contributed by atoms with E-state index >= 15 is 0 Å². The molecule has 1 aromatic carbocycles. The summed E-state index contributed by atoms with van der Waals surface area (Å²) in [5.41, 5.74) is 3.99. The number of benzene rings is 1. The van der Waals surface area contributed by atoms with Crippen molar-refractivity contribution in [2.24, 2.45) is 0 Å². The Morgan fingerprint density at radius 1 is 1.12 bits per heavy atom. The maximum Gasteiger partial charge on any atom is 0.122 e. The second kappa shape index (κ2) is 6.54.